The number of hydrogen-bond donors (Lipinski definition) is 0. The van der Waals surface area contributed by atoms with Crippen LogP contribution in [0, 0.1) is 0 Å². The molecule has 0 radical (unpaired) electrons. The average Bonchev–Trinajstić information content (AvgIpc) is 2.35. The zero-order valence-corrected chi connectivity index (χ0v) is 11.9. The Hall–Kier alpha value is -0.785. The number of rotatable bonds is 3. The van der Waals surface area contributed by atoms with Gasteiger partial charge in [-0.2, -0.15) is 0 Å². The minimum atomic E-state index is -0.578. The van der Waals surface area contributed by atoms with Crippen molar-refractivity contribution in [2.75, 3.05) is 39.5 Å². The molecule has 0 aromatic heterocycles. The highest BCUT2D eigenvalue weighted by Gasteiger charge is 2.32. The minimum Gasteiger partial charge on any atom is -0.491 e. The zero-order chi connectivity index (χ0) is 13.8. The Morgan fingerprint density at radius 1 is 1.30 bits per heavy atom. The third-order valence-electron chi connectivity index (χ3n) is 3.32. The molecule has 1 aromatic rings. The van der Waals surface area contributed by atoms with E-state index in [1.807, 2.05) is 18.2 Å². The van der Waals surface area contributed by atoms with Crippen LogP contribution >= 0.6 is 11.6 Å². The second kappa shape index (κ2) is 6.78. The van der Waals surface area contributed by atoms with Crippen molar-refractivity contribution in [2.45, 2.75) is 6.10 Å². The number of halogens is 1. The van der Waals surface area contributed by atoms with Gasteiger partial charge < -0.3 is 18.7 Å². The average molecular weight is 298 g/mol. The van der Waals surface area contributed by atoms with Crippen molar-refractivity contribution in [2.24, 2.45) is 0 Å². The predicted octanol–water partition coefficient (Wildman–Crippen LogP) is 1.45. The summed E-state index contributed by atoms with van der Waals surface area (Å²) < 4.78 is 22.5. The summed E-state index contributed by atoms with van der Waals surface area (Å²) in [6.45, 7) is 4.33. The van der Waals surface area contributed by atoms with E-state index in [4.69, 9.17) is 30.3 Å². The first-order valence-electron chi connectivity index (χ1n) is 6.79. The second-order valence-electron chi connectivity index (χ2n) is 4.86. The molecule has 7 heteroatoms. The first-order chi connectivity index (χ1) is 9.79. The Kier molecular flexibility index (Phi) is 4.80. The van der Waals surface area contributed by atoms with Gasteiger partial charge in [0.1, 0.15) is 12.4 Å². The summed E-state index contributed by atoms with van der Waals surface area (Å²) in [6, 6.07) is 7.35. The van der Waals surface area contributed by atoms with Crippen molar-refractivity contribution in [1.82, 2.24) is 4.90 Å². The number of fused-ring (bicyclic) bond motifs is 6. The van der Waals surface area contributed by atoms with Gasteiger partial charge in [0.2, 0.25) is 0 Å². The van der Waals surface area contributed by atoms with Gasteiger partial charge in [0.25, 0.3) is 0 Å². The third-order valence-corrected chi connectivity index (χ3v) is 3.56. The summed E-state index contributed by atoms with van der Waals surface area (Å²) in [6.07, 6.45) is -0.0837. The Bertz CT molecular complexity index is 426. The van der Waals surface area contributed by atoms with Crippen molar-refractivity contribution in [3.05, 3.63) is 29.3 Å². The maximum atomic E-state index is 5.93. The molecule has 0 aliphatic carbocycles. The Labute approximate surface area is 123 Å². The van der Waals surface area contributed by atoms with Crippen molar-refractivity contribution >= 4 is 18.9 Å². The van der Waals surface area contributed by atoms with Gasteiger partial charge in [0, 0.05) is 37.9 Å². The van der Waals surface area contributed by atoms with Gasteiger partial charge in [-0.1, -0.05) is 17.7 Å². The summed E-state index contributed by atoms with van der Waals surface area (Å²) in [7, 11) is -0.578. The van der Waals surface area contributed by atoms with Crippen LogP contribution in [0.3, 0.4) is 0 Å². The Morgan fingerprint density at radius 3 is 2.85 bits per heavy atom. The van der Waals surface area contributed by atoms with E-state index in [9.17, 15) is 0 Å². The summed E-state index contributed by atoms with van der Waals surface area (Å²) in [4.78, 5) is 2.27. The molecule has 4 rings (SSSR count). The van der Waals surface area contributed by atoms with E-state index >= 15 is 0 Å². The maximum Gasteiger partial charge on any atom is 0.639 e. The van der Waals surface area contributed by atoms with Crippen LogP contribution in [0.15, 0.2) is 24.3 Å². The van der Waals surface area contributed by atoms with Gasteiger partial charge in [-0.05, 0) is 18.2 Å². The van der Waals surface area contributed by atoms with Crippen molar-refractivity contribution in [3.63, 3.8) is 0 Å². The lowest BCUT2D eigenvalue weighted by Crippen LogP contribution is -2.51. The van der Waals surface area contributed by atoms with Crippen LogP contribution in [0.2, 0.25) is 5.02 Å². The molecular weight excluding hydrogens is 280 g/mol. The predicted molar refractivity (Wildman–Crippen MR) is 75.9 cm³/mol. The van der Waals surface area contributed by atoms with E-state index in [-0.39, 0.29) is 6.10 Å². The highest BCUT2D eigenvalue weighted by Crippen LogP contribution is 2.18. The van der Waals surface area contributed by atoms with Crippen LogP contribution in [0.5, 0.6) is 5.75 Å². The van der Waals surface area contributed by atoms with Gasteiger partial charge in [-0.25, -0.2) is 0 Å². The molecular formula is C13H17BClNO4. The SMILES string of the molecule is Clc1cccc(OC[C@@H]2CN3CCOB(OCC3)O2)c1. The first-order valence-corrected chi connectivity index (χ1v) is 7.17. The van der Waals surface area contributed by atoms with E-state index in [0.29, 0.717) is 24.8 Å². The summed E-state index contributed by atoms with van der Waals surface area (Å²) in [5.74, 6) is 0.741. The van der Waals surface area contributed by atoms with Crippen molar-refractivity contribution in [1.29, 1.82) is 0 Å². The summed E-state index contributed by atoms with van der Waals surface area (Å²) >= 11 is 5.93. The molecule has 20 heavy (non-hydrogen) atoms. The molecule has 3 fully saturated rings. The van der Waals surface area contributed by atoms with Crippen molar-refractivity contribution in [3.8, 4) is 5.75 Å². The van der Waals surface area contributed by atoms with E-state index in [1.165, 1.54) is 0 Å². The second-order valence-corrected chi connectivity index (χ2v) is 5.29. The fourth-order valence-corrected chi connectivity index (χ4v) is 2.48. The molecule has 0 N–H and O–H groups in total. The Morgan fingerprint density at radius 2 is 2.10 bits per heavy atom. The molecule has 2 bridgehead atoms. The van der Waals surface area contributed by atoms with E-state index in [2.05, 4.69) is 4.90 Å². The first kappa shape index (κ1) is 14.2. The van der Waals surface area contributed by atoms with Crippen LogP contribution in [0.1, 0.15) is 0 Å². The third kappa shape index (κ3) is 3.87. The lowest BCUT2D eigenvalue weighted by Gasteiger charge is -2.34. The van der Waals surface area contributed by atoms with Gasteiger partial charge in [0.15, 0.2) is 0 Å². The minimum absolute atomic E-state index is 0.0837. The van der Waals surface area contributed by atoms with E-state index in [0.717, 1.165) is 25.4 Å². The fourth-order valence-electron chi connectivity index (χ4n) is 2.30. The largest absolute Gasteiger partial charge is 0.639 e. The van der Waals surface area contributed by atoms with Crippen LogP contribution in [-0.4, -0.2) is 57.8 Å². The lowest BCUT2D eigenvalue weighted by molar-refractivity contribution is -0.0321. The van der Waals surface area contributed by atoms with Crippen LogP contribution < -0.4 is 4.74 Å². The fraction of sp³-hybridized carbons (Fsp3) is 0.538. The van der Waals surface area contributed by atoms with Gasteiger partial charge in [-0.15, -0.1) is 0 Å². The molecule has 108 valence electrons. The van der Waals surface area contributed by atoms with E-state index < -0.39 is 7.32 Å². The molecule has 5 nitrogen and oxygen atoms in total. The van der Waals surface area contributed by atoms with Gasteiger partial charge >= 0.3 is 7.32 Å². The van der Waals surface area contributed by atoms with Gasteiger partial charge in [0.05, 0.1) is 6.10 Å². The van der Waals surface area contributed by atoms with Crippen LogP contribution in [0.25, 0.3) is 0 Å². The highest BCUT2D eigenvalue weighted by atomic mass is 35.5. The van der Waals surface area contributed by atoms with Gasteiger partial charge in [-0.3, -0.25) is 4.90 Å². The van der Waals surface area contributed by atoms with Crippen molar-refractivity contribution < 1.29 is 18.7 Å². The molecule has 3 heterocycles. The molecule has 1 aromatic carbocycles. The quantitative estimate of drug-likeness (QED) is 0.790. The standard InChI is InChI=1S/C13H17BClNO4/c15-11-2-1-3-12(8-11)17-10-13-9-16-4-6-18-14(20-13)19-7-5-16/h1-3,8,13H,4-7,9-10H2/t13-/m0/s1. The summed E-state index contributed by atoms with van der Waals surface area (Å²) in [5, 5.41) is 0.661. The molecule has 0 spiro atoms. The molecule has 3 aliphatic heterocycles. The number of ether oxygens (including phenoxy) is 1. The number of hydrogen-bond acceptors (Lipinski definition) is 5. The zero-order valence-electron chi connectivity index (χ0n) is 11.2. The summed E-state index contributed by atoms with van der Waals surface area (Å²) in [5.41, 5.74) is 0. The smallest absolute Gasteiger partial charge is 0.491 e. The van der Waals surface area contributed by atoms with Crippen LogP contribution in [0.4, 0.5) is 0 Å². The molecule has 3 aliphatic rings. The van der Waals surface area contributed by atoms with Crippen LogP contribution in [-0.2, 0) is 14.0 Å². The molecule has 0 saturated carbocycles. The number of benzene rings is 1. The Balaban J connectivity index is 1.59. The lowest BCUT2D eigenvalue weighted by atomic mass is 10.1. The monoisotopic (exact) mass is 297 g/mol. The molecule has 1 atom stereocenters. The topological polar surface area (TPSA) is 40.2 Å². The highest BCUT2D eigenvalue weighted by molar-refractivity contribution is 6.36. The molecule has 0 unspecified atom stereocenters. The number of nitrogens with zero attached hydrogens (tertiary/aromatic N) is 1. The normalized spacial score (nSPS) is 26.8. The van der Waals surface area contributed by atoms with E-state index in [1.54, 1.807) is 6.07 Å². The molecule has 0 amide bonds. The molecule has 3 saturated heterocycles. The maximum absolute atomic E-state index is 5.93.